The van der Waals surface area contributed by atoms with Gasteiger partial charge >= 0.3 is 0 Å². The Balaban J connectivity index is 2.73. The highest BCUT2D eigenvalue weighted by atomic mass is 14.9. The Kier molecular flexibility index (Phi) is 4.41. The van der Waals surface area contributed by atoms with Gasteiger partial charge in [0.05, 0.1) is 0 Å². The quantitative estimate of drug-likeness (QED) is 0.771. The molecular weight excluding hydrogens is 182 g/mol. The molecule has 1 N–H and O–H groups in total. The summed E-state index contributed by atoms with van der Waals surface area (Å²) in [4.78, 5) is 0. The van der Waals surface area contributed by atoms with Crippen LogP contribution in [0.1, 0.15) is 38.3 Å². The van der Waals surface area contributed by atoms with E-state index in [1.807, 2.05) is 0 Å². The summed E-state index contributed by atoms with van der Waals surface area (Å²) in [6, 6.07) is 9.05. The van der Waals surface area contributed by atoms with Crippen LogP contribution >= 0.6 is 0 Å². The van der Waals surface area contributed by atoms with Gasteiger partial charge in [-0.25, -0.2) is 0 Å². The molecule has 1 aromatic carbocycles. The number of hydrogen-bond acceptors (Lipinski definition) is 1. The Bertz CT molecular complexity index is 328. The van der Waals surface area contributed by atoms with Crippen LogP contribution in [0.3, 0.4) is 0 Å². The molecule has 0 aliphatic carbocycles. The molecule has 0 bridgehead atoms. The second kappa shape index (κ2) is 5.59. The molecule has 0 aromatic heterocycles. The van der Waals surface area contributed by atoms with Crippen molar-refractivity contribution in [2.45, 2.75) is 39.7 Å². The smallest absolute Gasteiger partial charge is 0.0342 e. The maximum atomic E-state index is 4.08. The summed E-state index contributed by atoms with van der Waals surface area (Å²) in [5, 5.41) is 3.40. The molecule has 1 aromatic rings. The SMILES string of the molecule is C=C(NC(C)CC)c1cccc(CC)c1. The van der Waals surface area contributed by atoms with E-state index in [1.54, 1.807) is 0 Å². The van der Waals surface area contributed by atoms with Crippen LogP contribution in [-0.4, -0.2) is 6.04 Å². The van der Waals surface area contributed by atoms with Crippen LogP contribution in [0.5, 0.6) is 0 Å². The van der Waals surface area contributed by atoms with E-state index >= 15 is 0 Å². The van der Waals surface area contributed by atoms with E-state index in [0.29, 0.717) is 6.04 Å². The average molecular weight is 203 g/mol. The average Bonchev–Trinajstić information content (AvgIpc) is 2.28. The first-order valence-corrected chi connectivity index (χ1v) is 5.72. The molecule has 1 rings (SSSR count). The van der Waals surface area contributed by atoms with Crippen molar-refractivity contribution in [3.05, 3.63) is 42.0 Å². The van der Waals surface area contributed by atoms with Crippen LogP contribution in [0, 0.1) is 0 Å². The van der Waals surface area contributed by atoms with Gasteiger partial charge in [-0.1, -0.05) is 38.6 Å². The number of benzene rings is 1. The Hall–Kier alpha value is -1.24. The van der Waals surface area contributed by atoms with E-state index in [1.165, 1.54) is 11.1 Å². The van der Waals surface area contributed by atoms with Crippen molar-refractivity contribution in [2.24, 2.45) is 0 Å². The van der Waals surface area contributed by atoms with E-state index in [-0.39, 0.29) is 0 Å². The lowest BCUT2D eigenvalue weighted by Gasteiger charge is -2.16. The number of aryl methyl sites for hydroxylation is 1. The molecule has 0 aliphatic heterocycles. The number of nitrogens with one attached hydrogen (secondary N) is 1. The summed E-state index contributed by atoms with van der Waals surface area (Å²) in [7, 11) is 0. The van der Waals surface area contributed by atoms with Gasteiger partial charge in [-0.3, -0.25) is 0 Å². The van der Waals surface area contributed by atoms with Crippen molar-refractivity contribution in [3.63, 3.8) is 0 Å². The topological polar surface area (TPSA) is 12.0 Å². The molecule has 0 fully saturated rings. The van der Waals surface area contributed by atoms with Gasteiger partial charge in [0.15, 0.2) is 0 Å². The first-order valence-electron chi connectivity index (χ1n) is 5.72. The van der Waals surface area contributed by atoms with Crippen LogP contribution in [0.2, 0.25) is 0 Å². The summed E-state index contributed by atoms with van der Waals surface area (Å²) in [5.74, 6) is 0. The van der Waals surface area contributed by atoms with E-state index in [9.17, 15) is 0 Å². The molecule has 1 atom stereocenters. The van der Waals surface area contributed by atoms with Gasteiger partial charge in [0.1, 0.15) is 0 Å². The summed E-state index contributed by atoms with van der Waals surface area (Å²) < 4.78 is 0. The minimum absolute atomic E-state index is 0.489. The van der Waals surface area contributed by atoms with Crippen molar-refractivity contribution >= 4 is 5.70 Å². The molecule has 15 heavy (non-hydrogen) atoms. The molecule has 0 radical (unpaired) electrons. The molecule has 1 heteroatoms. The highest BCUT2D eigenvalue weighted by Gasteiger charge is 2.02. The van der Waals surface area contributed by atoms with E-state index in [2.05, 4.69) is 56.9 Å². The van der Waals surface area contributed by atoms with Gasteiger partial charge in [0, 0.05) is 11.7 Å². The highest BCUT2D eigenvalue weighted by molar-refractivity contribution is 5.62. The van der Waals surface area contributed by atoms with Crippen LogP contribution in [0.25, 0.3) is 5.70 Å². The molecular formula is C14H21N. The molecule has 82 valence electrons. The molecule has 1 unspecified atom stereocenters. The first kappa shape index (κ1) is 11.8. The third-order valence-electron chi connectivity index (χ3n) is 2.72. The number of hydrogen-bond donors (Lipinski definition) is 1. The normalized spacial score (nSPS) is 12.2. The summed E-state index contributed by atoms with van der Waals surface area (Å²) in [6.45, 7) is 10.6. The first-order chi connectivity index (χ1) is 7.17. The van der Waals surface area contributed by atoms with Crippen LogP contribution in [-0.2, 0) is 6.42 Å². The maximum Gasteiger partial charge on any atom is 0.0342 e. The van der Waals surface area contributed by atoms with E-state index < -0.39 is 0 Å². The highest BCUT2D eigenvalue weighted by Crippen LogP contribution is 2.13. The molecule has 0 aliphatic rings. The summed E-state index contributed by atoms with van der Waals surface area (Å²) >= 11 is 0. The fourth-order valence-corrected chi connectivity index (χ4v) is 1.46. The maximum absolute atomic E-state index is 4.08. The molecule has 0 amide bonds. The standard InChI is InChI=1S/C14H21N/c1-5-11(3)15-12(4)14-9-7-8-13(6-2)10-14/h7-11,15H,4-6H2,1-3H3. The lowest BCUT2D eigenvalue weighted by atomic mass is 10.1. The molecule has 0 heterocycles. The zero-order valence-electron chi connectivity index (χ0n) is 10.0. The second-order valence-corrected chi connectivity index (χ2v) is 3.99. The zero-order chi connectivity index (χ0) is 11.3. The largest absolute Gasteiger partial charge is 0.383 e. The van der Waals surface area contributed by atoms with E-state index in [4.69, 9.17) is 0 Å². The van der Waals surface area contributed by atoms with Crippen molar-refractivity contribution < 1.29 is 0 Å². The Morgan fingerprint density at radius 2 is 2.13 bits per heavy atom. The molecule has 1 nitrogen and oxygen atoms in total. The van der Waals surface area contributed by atoms with Crippen molar-refractivity contribution in [1.29, 1.82) is 0 Å². The van der Waals surface area contributed by atoms with Gasteiger partial charge in [0.2, 0.25) is 0 Å². The van der Waals surface area contributed by atoms with Crippen LogP contribution < -0.4 is 5.32 Å². The molecule has 0 saturated carbocycles. The van der Waals surface area contributed by atoms with Gasteiger partial charge in [-0.2, -0.15) is 0 Å². The van der Waals surface area contributed by atoms with Gasteiger partial charge in [0.25, 0.3) is 0 Å². The van der Waals surface area contributed by atoms with Gasteiger partial charge in [-0.05, 0) is 37.0 Å². The van der Waals surface area contributed by atoms with Crippen molar-refractivity contribution in [2.75, 3.05) is 0 Å². The summed E-state index contributed by atoms with van der Waals surface area (Å²) in [6.07, 6.45) is 2.19. The minimum atomic E-state index is 0.489. The lowest BCUT2D eigenvalue weighted by Crippen LogP contribution is -2.22. The van der Waals surface area contributed by atoms with Gasteiger partial charge < -0.3 is 5.32 Å². The van der Waals surface area contributed by atoms with E-state index in [0.717, 1.165) is 18.5 Å². The Morgan fingerprint density at radius 3 is 2.73 bits per heavy atom. The van der Waals surface area contributed by atoms with Crippen LogP contribution in [0.4, 0.5) is 0 Å². The van der Waals surface area contributed by atoms with Crippen LogP contribution in [0.15, 0.2) is 30.8 Å². The number of rotatable bonds is 5. The molecule has 0 spiro atoms. The predicted molar refractivity (Wildman–Crippen MR) is 67.7 cm³/mol. The second-order valence-electron chi connectivity index (χ2n) is 3.99. The Morgan fingerprint density at radius 1 is 1.40 bits per heavy atom. The monoisotopic (exact) mass is 203 g/mol. The fourth-order valence-electron chi connectivity index (χ4n) is 1.46. The fraction of sp³-hybridized carbons (Fsp3) is 0.429. The predicted octanol–water partition coefficient (Wildman–Crippen LogP) is 3.61. The summed E-state index contributed by atoms with van der Waals surface area (Å²) in [5.41, 5.74) is 3.59. The van der Waals surface area contributed by atoms with Crippen molar-refractivity contribution in [3.8, 4) is 0 Å². The van der Waals surface area contributed by atoms with Crippen molar-refractivity contribution in [1.82, 2.24) is 5.32 Å². The molecule has 0 saturated heterocycles. The lowest BCUT2D eigenvalue weighted by molar-refractivity contribution is 0.631. The van der Waals surface area contributed by atoms with Gasteiger partial charge in [-0.15, -0.1) is 0 Å². The third kappa shape index (κ3) is 3.43. The third-order valence-corrected chi connectivity index (χ3v) is 2.72. The Labute approximate surface area is 93.2 Å². The minimum Gasteiger partial charge on any atom is -0.383 e. The zero-order valence-corrected chi connectivity index (χ0v) is 10.0.